The van der Waals surface area contributed by atoms with Crippen molar-refractivity contribution in [2.45, 2.75) is 10.6 Å². The van der Waals surface area contributed by atoms with Gasteiger partial charge in [-0.15, -0.1) is 11.8 Å². The number of amides is 2. The number of aromatic nitrogens is 1. The third kappa shape index (κ3) is 4.55. The van der Waals surface area contributed by atoms with Crippen molar-refractivity contribution in [2.24, 2.45) is 0 Å². The number of halogens is 1. The van der Waals surface area contributed by atoms with Crippen LogP contribution in [-0.2, 0) is 5.75 Å². The van der Waals surface area contributed by atoms with Crippen LogP contribution in [0.25, 0.3) is 0 Å². The third-order valence-electron chi connectivity index (χ3n) is 3.27. The minimum atomic E-state index is -0.507. The second kappa shape index (κ2) is 8.09. The molecule has 2 amide bonds. The van der Waals surface area contributed by atoms with E-state index < -0.39 is 11.8 Å². The lowest BCUT2D eigenvalue weighted by atomic mass is 10.3. The lowest BCUT2D eigenvalue weighted by Crippen LogP contribution is -2.41. The molecular formula is C17H14BrN3O3S. The van der Waals surface area contributed by atoms with Crippen molar-refractivity contribution in [3.05, 3.63) is 76.4 Å². The number of hydrazine groups is 1. The third-order valence-corrected chi connectivity index (χ3v) is 4.79. The van der Waals surface area contributed by atoms with Gasteiger partial charge in [-0.2, -0.15) is 0 Å². The fourth-order valence-corrected chi connectivity index (χ4v) is 3.31. The number of furan rings is 1. The van der Waals surface area contributed by atoms with Gasteiger partial charge < -0.3 is 9.40 Å². The van der Waals surface area contributed by atoms with Crippen LogP contribution >= 0.6 is 27.7 Å². The Morgan fingerprint density at radius 2 is 1.88 bits per heavy atom. The molecule has 1 aromatic carbocycles. The van der Waals surface area contributed by atoms with Crippen molar-refractivity contribution in [2.75, 3.05) is 0 Å². The Balaban J connectivity index is 1.57. The maximum absolute atomic E-state index is 12.2. The Kier molecular flexibility index (Phi) is 5.62. The number of hydrogen-bond acceptors (Lipinski definition) is 4. The second-order valence-electron chi connectivity index (χ2n) is 5.02. The molecule has 3 N–H and O–H groups in total. The normalized spacial score (nSPS) is 10.4. The highest BCUT2D eigenvalue weighted by Crippen LogP contribution is 2.24. The fraction of sp³-hybridized carbons (Fsp3) is 0.0588. The zero-order valence-electron chi connectivity index (χ0n) is 12.9. The molecule has 0 aliphatic carbocycles. The van der Waals surface area contributed by atoms with E-state index in [2.05, 4.69) is 31.8 Å². The molecule has 3 rings (SSSR count). The molecule has 0 saturated heterocycles. The van der Waals surface area contributed by atoms with E-state index in [-0.39, 0.29) is 5.76 Å². The average Bonchev–Trinajstić information content (AvgIpc) is 3.27. The summed E-state index contributed by atoms with van der Waals surface area (Å²) < 4.78 is 6.01. The van der Waals surface area contributed by atoms with Gasteiger partial charge >= 0.3 is 5.91 Å². The summed E-state index contributed by atoms with van der Waals surface area (Å²) in [5.41, 5.74) is 5.78. The Bertz CT molecular complexity index is 876. The van der Waals surface area contributed by atoms with Crippen LogP contribution in [0.5, 0.6) is 0 Å². The predicted octanol–water partition coefficient (Wildman–Crippen LogP) is 3.74. The van der Waals surface area contributed by atoms with Crippen molar-refractivity contribution in [3.8, 4) is 0 Å². The number of rotatable bonds is 5. The van der Waals surface area contributed by atoms with Crippen LogP contribution in [0.15, 0.2) is 68.7 Å². The molecule has 0 aliphatic heterocycles. The van der Waals surface area contributed by atoms with Crippen LogP contribution in [0.1, 0.15) is 26.6 Å². The van der Waals surface area contributed by atoms with Gasteiger partial charge in [0.2, 0.25) is 0 Å². The maximum Gasteiger partial charge on any atom is 0.305 e. The molecule has 2 aromatic heterocycles. The molecule has 0 atom stereocenters. The minimum Gasteiger partial charge on any atom is -0.459 e. The van der Waals surface area contributed by atoms with Crippen molar-refractivity contribution in [1.82, 2.24) is 15.8 Å². The lowest BCUT2D eigenvalue weighted by Gasteiger charge is -2.06. The number of nitrogens with one attached hydrogen (secondary N) is 3. The van der Waals surface area contributed by atoms with Gasteiger partial charge in [0.25, 0.3) is 5.91 Å². The first-order valence-corrected chi connectivity index (χ1v) is 9.10. The van der Waals surface area contributed by atoms with Gasteiger partial charge in [-0.1, -0.05) is 18.2 Å². The molecule has 0 radical (unpaired) electrons. The highest BCUT2D eigenvalue weighted by molar-refractivity contribution is 9.10. The smallest absolute Gasteiger partial charge is 0.305 e. The van der Waals surface area contributed by atoms with Gasteiger partial charge in [-0.05, 0) is 40.2 Å². The molecule has 6 nitrogen and oxygen atoms in total. The highest BCUT2D eigenvalue weighted by atomic mass is 79.9. The molecule has 0 unspecified atom stereocenters. The SMILES string of the molecule is O=C(NNC(=O)c1occc1CSc1ccccc1)c1cc(Br)c[nH]1. The molecule has 3 aromatic rings. The van der Waals surface area contributed by atoms with Gasteiger partial charge in [0, 0.05) is 26.9 Å². The minimum absolute atomic E-state index is 0.177. The molecular weight excluding hydrogens is 406 g/mol. The molecule has 25 heavy (non-hydrogen) atoms. The molecule has 0 spiro atoms. The summed E-state index contributed by atoms with van der Waals surface area (Å²) in [5.74, 6) is -0.198. The molecule has 0 fully saturated rings. The van der Waals surface area contributed by atoms with Crippen LogP contribution in [0.2, 0.25) is 0 Å². The van der Waals surface area contributed by atoms with Crippen molar-refractivity contribution >= 4 is 39.5 Å². The lowest BCUT2D eigenvalue weighted by molar-refractivity contribution is 0.0828. The summed E-state index contributed by atoms with van der Waals surface area (Å²) in [6.07, 6.45) is 3.09. The van der Waals surface area contributed by atoms with E-state index in [0.717, 1.165) is 14.9 Å². The average molecular weight is 420 g/mol. The van der Waals surface area contributed by atoms with E-state index in [1.807, 2.05) is 30.3 Å². The summed E-state index contributed by atoms with van der Waals surface area (Å²) in [6.45, 7) is 0. The monoisotopic (exact) mass is 419 g/mol. The molecule has 0 saturated carbocycles. The molecule has 0 bridgehead atoms. The first-order chi connectivity index (χ1) is 12.1. The first kappa shape index (κ1) is 17.4. The van der Waals surface area contributed by atoms with E-state index in [1.165, 1.54) is 6.26 Å². The Labute approximate surface area is 156 Å². The summed E-state index contributed by atoms with van der Waals surface area (Å²) >= 11 is 4.84. The van der Waals surface area contributed by atoms with E-state index in [4.69, 9.17) is 4.42 Å². The summed E-state index contributed by atoms with van der Waals surface area (Å²) in [6, 6.07) is 13.2. The molecule has 8 heteroatoms. The first-order valence-electron chi connectivity index (χ1n) is 7.32. The molecule has 2 heterocycles. The summed E-state index contributed by atoms with van der Waals surface area (Å²) in [4.78, 5) is 28.0. The maximum atomic E-state index is 12.2. The van der Waals surface area contributed by atoms with E-state index >= 15 is 0 Å². The predicted molar refractivity (Wildman–Crippen MR) is 98.1 cm³/mol. The van der Waals surface area contributed by atoms with Gasteiger partial charge in [-0.25, -0.2) is 0 Å². The number of carbonyl (C=O) groups excluding carboxylic acids is 2. The van der Waals surface area contributed by atoms with E-state index in [9.17, 15) is 9.59 Å². The van der Waals surface area contributed by atoms with Gasteiger partial charge in [0.05, 0.1) is 6.26 Å². The molecule has 128 valence electrons. The number of aromatic amines is 1. The standard InChI is InChI=1S/C17H14BrN3O3S/c18-12-8-14(19-9-12)16(22)20-21-17(23)15-11(6-7-24-15)10-25-13-4-2-1-3-5-13/h1-9,19H,10H2,(H,20,22)(H,21,23). The van der Waals surface area contributed by atoms with Crippen LogP contribution in [0.4, 0.5) is 0 Å². The number of benzene rings is 1. The van der Waals surface area contributed by atoms with Crippen molar-refractivity contribution in [1.29, 1.82) is 0 Å². The fourth-order valence-electron chi connectivity index (χ4n) is 2.06. The van der Waals surface area contributed by atoms with Crippen LogP contribution < -0.4 is 10.9 Å². The van der Waals surface area contributed by atoms with E-state index in [1.54, 1.807) is 30.1 Å². The Hall–Kier alpha value is -2.45. The number of hydrogen-bond donors (Lipinski definition) is 3. The summed E-state index contributed by atoms with van der Waals surface area (Å²) in [5, 5.41) is 0. The van der Waals surface area contributed by atoms with Crippen LogP contribution in [-0.4, -0.2) is 16.8 Å². The quantitative estimate of drug-likeness (QED) is 0.434. The highest BCUT2D eigenvalue weighted by Gasteiger charge is 2.17. The number of H-pyrrole nitrogens is 1. The van der Waals surface area contributed by atoms with Gasteiger partial charge in [0.1, 0.15) is 5.69 Å². The zero-order valence-corrected chi connectivity index (χ0v) is 15.3. The number of thioether (sulfide) groups is 1. The zero-order chi connectivity index (χ0) is 17.6. The summed E-state index contributed by atoms with van der Waals surface area (Å²) in [7, 11) is 0. The van der Waals surface area contributed by atoms with E-state index in [0.29, 0.717) is 11.4 Å². The second-order valence-corrected chi connectivity index (χ2v) is 6.98. The van der Waals surface area contributed by atoms with Crippen molar-refractivity contribution < 1.29 is 14.0 Å². The van der Waals surface area contributed by atoms with Gasteiger partial charge in [0.15, 0.2) is 5.76 Å². The molecule has 0 aliphatic rings. The van der Waals surface area contributed by atoms with Crippen molar-refractivity contribution in [3.63, 3.8) is 0 Å². The largest absolute Gasteiger partial charge is 0.459 e. The Morgan fingerprint density at radius 1 is 1.12 bits per heavy atom. The topological polar surface area (TPSA) is 87.1 Å². The van der Waals surface area contributed by atoms with Crippen LogP contribution in [0, 0.1) is 0 Å². The van der Waals surface area contributed by atoms with Gasteiger partial charge in [-0.3, -0.25) is 20.4 Å². The number of carbonyl (C=O) groups is 2. The Morgan fingerprint density at radius 3 is 2.60 bits per heavy atom. The van der Waals surface area contributed by atoms with Crippen LogP contribution in [0.3, 0.4) is 0 Å².